The maximum absolute atomic E-state index is 12.3. The Morgan fingerprint density at radius 3 is 2.39 bits per heavy atom. The van der Waals surface area contributed by atoms with Gasteiger partial charge in [0.25, 0.3) is 0 Å². The number of nitrogens with one attached hydrogen (secondary N) is 1. The first-order chi connectivity index (χ1) is 12.8. The predicted molar refractivity (Wildman–Crippen MR) is 118 cm³/mol. The molecule has 1 atom stereocenters. The lowest BCUT2D eigenvalue weighted by molar-refractivity contribution is -0.121. The van der Waals surface area contributed by atoms with Gasteiger partial charge < -0.3 is 11.1 Å². The molecule has 156 valence electrons. The van der Waals surface area contributed by atoms with Gasteiger partial charge in [0.2, 0.25) is 5.91 Å². The number of benzene rings is 1. The third-order valence-electron chi connectivity index (χ3n) is 4.99. The van der Waals surface area contributed by atoms with Gasteiger partial charge in [0.15, 0.2) is 0 Å². The number of aromatic nitrogens is 2. The Morgan fingerprint density at radius 2 is 1.82 bits per heavy atom. The number of nitrogens with two attached hydrogens (primary N) is 1. The summed E-state index contributed by atoms with van der Waals surface area (Å²) in [5, 5.41) is 7.76. The van der Waals surface area contributed by atoms with E-state index in [-0.39, 0.29) is 24.4 Å². The molecule has 0 saturated carbocycles. The molecule has 0 aliphatic heterocycles. The first-order valence-electron chi connectivity index (χ1n) is 9.88. The van der Waals surface area contributed by atoms with Crippen LogP contribution in [0, 0.1) is 26.7 Å². The first-order valence-corrected chi connectivity index (χ1v) is 9.88. The molecule has 5 nitrogen and oxygen atoms in total. The molecule has 0 radical (unpaired) electrons. The number of hydrogen-bond donors (Lipinski definition) is 2. The van der Waals surface area contributed by atoms with Gasteiger partial charge in [-0.15, -0.1) is 12.4 Å². The van der Waals surface area contributed by atoms with Crippen LogP contribution < -0.4 is 11.1 Å². The normalized spacial score (nSPS) is 12.0. The minimum Gasteiger partial charge on any atom is -0.352 e. The van der Waals surface area contributed by atoms with Crippen molar-refractivity contribution in [1.82, 2.24) is 15.1 Å². The minimum atomic E-state index is 0. The van der Waals surface area contributed by atoms with Gasteiger partial charge in [0.05, 0.1) is 12.2 Å². The van der Waals surface area contributed by atoms with E-state index in [4.69, 9.17) is 5.73 Å². The smallest absolute Gasteiger partial charge is 0.220 e. The maximum Gasteiger partial charge on any atom is 0.220 e. The van der Waals surface area contributed by atoms with Crippen LogP contribution in [0.4, 0.5) is 0 Å². The quantitative estimate of drug-likeness (QED) is 0.666. The summed E-state index contributed by atoms with van der Waals surface area (Å²) >= 11 is 0. The molecule has 1 aromatic carbocycles. The van der Waals surface area contributed by atoms with Crippen molar-refractivity contribution in [2.45, 2.75) is 66.5 Å². The van der Waals surface area contributed by atoms with E-state index in [1.165, 1.54) is 16.7 Å². The molecule has 0 aliphatic carbocycles. The van der Waals surface area contributed by atoms with Crippen LogP contribution in [-0.2, 0) is 17.8 Å². The molecule has 6 heteroatoms. The molecule has 1 heterocycles. The molecule has 3 N–H and O–H groups in total. The zero-order valence-corrected chi connectivity index (χ0v) is 18.6. The summed E-state index contributed by atoms with van der Waals surface area (Å²) in [7, 11) is 0. The van der Waals surface area contributed by atoms with E-state index in [2.05, 4.69) is 62.4 Å². The summed E-state index contributed by atoms with van der Waals surface area (Å²) in [6.07, 6.45) is 2.08. The summed E-state index contributed by atoms with van der Waals surface area (Å²) in [4.78, 5) is 12.3. The predicted octanol–water partition coefficient (Wildman–Crippen LogP) is 3.70. The van der Waals surface area contributed by atoms with Gasteiger partial charge in [0, 0.05) is 24.7 Å². The highest BCUT2D eigenvalue weighted by molar-refractivity contribution is 5.85. The fourth-order valence-corrected chi connectivity index (χ4v) is 3.44. The molecule has 0 aliphatic rings. The summed E-state index contributed by atoms with van der Waals surface area (Å²) in [6.45, 7) is 11.7. The van der Waals surface area contributed by atoms with Crippen LogP contribution in [0.1, 0.15) is 54.8 Å². The second kappa shape index (κ2) is 11.2. The van der Waals surface area contributed by atoms with Gasteiger partial charge in [0.1, 0.15) is 0 Å². The maximum atomic E-state index is 12.3. The van der Waals surface area contributed by atoms with E-state index < -0.39 is 0 Å². The fourth-order valence-electron chi connectivity index (χ4n) is 3.44. The summed E-state index contributed by atoms with van der Waals surface area (Å²) in [6, 6.07) is 8.58. The Bertz CT molecular complexity index is 753. The molecule has 28 heavy (non-hydrogen) atoms. The van der Waals surface area contributed by atoms with E-state index in [1.807, 2.05) is 11.6 Å². The second-order valence-corrected chi connectivity index (χ2v) is 7.92. The van der Waals surface area contributed by atoms with Gasteiger partial charge >= 0.3 is 0 Å². The van der Waals surface area contributed by atoms with Crippen molar-refractivity contribution in [3.8, 4) is 0 Å². The number of rotatable bonds is 9. The van der Waals surface area contributed by atoms with Crippen LogP contribution in [-0.4, -0.2) is 28.3 Å². The van der Waals surface area contributed by atoms with Gasteiger partial charge in [-0.05, 0) is 50.7 Å². The third-order valence-corrected chi connectivity index (χ3v) is 4.99. The van der Waals surface area contributed by atoms with Gasteiger partial charge in [-0.3, -0.25) is 9.48 Å². The number of amides is 1. The number of carbonyl (C=O) groups is 1. The van der Waals surface area contributed by atoms with Crippen molar-refractivity contribution in [3.63, 3.8) is 0 Å². The topological polar surface area (TPSA) is 72.9 Å². The lowest BCUT2D eigenvalue weighted by atomic mass is 10.0. The molecule has 1 amide bonds. The van der Waals surface area contributed by atoms with Crippen LogP contribution in [0.5, 0.6) is 0 Å². The van der Waals surface area contributed by atoms with Crippen LogP contribution in [0.3, 0.4) is 0 Å². The molecule has 0 fully saturated rings. The highest BCUT2D eigenvalue weighted by Gasteiger charge is 2.16. The van der Waals surface area contributed by atoms with Crippen LogP contribution in [0.15, 0.2) is 24.3 Å². The van der Waals surface area contributed by atoms with E-state index in [9.17, 15) is 4.79 Å². The van der Waals surface area contributed by atoms with Crippen molar-refractivity contribution in [2.75, 3.05) is 6.54 Å². The second-order valence-electron chi connectivity index (χ2n) is 7.92. The average molecular weight is 407 g/mol. The molecular formula is C22H35ClN4O. The van der Waals surface area contributed by atoms with E-state index in [0.717, 1.165) is 24.4 Å². The van der Waals surface area contributed by atoms with Crippen molar-refractivity contribution in [1.29, 1.82) is 0 Å². The van der Waals surface area contributed by atoms with Crippen molar-refractivity contribution >= 4 is 18.3 Å². The lowest BCUT2D eigenvalue weighted by Gasteiger charge is -2.18. The van der Waals surface area contributed by atoms with Gasteiger partial charge in [-0.1, -0.05) is 43.7 Å². The summed E-state index contributed by atoms with van der Waals surface area (Å²) in [5.74, 6) is 0.583. The molecule has 2 aromatic rings. The van der Waals surface area contributed by atoms with Crippen LogP contribution in [0.2, 0.25) is 0 Å². The number of carbonyl (C=O) groups excluding carboxylic acids is 1. The Kier molecular flexibility index (Phi) is 9.70. The Labute approximate surface area is 175 Å². The zero-order chi connectivity index (χ0) is 20.0. The number of aryl methyl sites for hydroxylation is 2. The Morgan fingerprint density at radius 1 is 1.18 bits per heavy atom. The highest BCUT2D eigenvalue weighted by Crippen LogP contribution is 2.17. The Balaban J connectivity index is 0.00000392. The number of halogens is 1. The zero-order valence-electron chi connectivity index (χ0n) is 17.8. The monoisotopic (exact) mass is 406 g/mol. The van der Waals surface area contributed by atoms with Gasteiger partial charge in [-0.25, -0.2) is 0 Å². The van der Waals surface area contributed by atoms with Crippen LogP contribution >= 0.6 is 12.4 Å². The van der Waals surface area contributed by atoms with E-state index in [0.29, 0.717) is 25.3 Å². The van der Waals surface area contributed by atoms with Crippen LogP contribution in [0.25, 0.3) is 0 Å². The van der Waals surface area contributed by atoms with Crippen molar-refractivity contribution < 1.29 is 4.79 Å². The minimum absolute atomic E-state index is 0. The molecular weight excluding hydrogens is 372 g/mol. The SMILES string of the molecule is Cc1ccc(Cn2nc(C)c(CCC(=O)NC(CN)CC(C)C)c2C)cc1.Cl. The fraction of sp³-hybridized carbons (Fsp3) is 0.545. The molecule has 0 spiro atoms. The molecule has 0 saturated heterocycles. The first kappa shape index (κ1) is 24.2. The largest absolute Gasteiger partial charge is 0.352 e. The molecule has 1 aromatic heterocycles. The summed E-state index contributed by atoms with van der Waals surface area (Å²) < 4.78 is 2.04. The van der Waals surface area contributed by atoms with Crippen molar-refractivity contribution in [2.24, 2.45) is 11.7 Å². The van der Waals surface area contributed by atoms with E-state index in [1.54, 1.807) is 0 Å². The molecule has 0 bridgehead atoms. The number of nitrogens with zero attached hydrogens (tertiary/aromatic N) is 2. The Hall–Kier alpha value is -1.85. The summed E-state index contributed by atoms with van der Waals surface area (Å²) in [5.41, 5.74) is 11.6. The van der Waals surface area contributed by atoms with Crippen molar-refractivity contribution in [3.05, 3.63) is 52.3 Å². The lowest BCUT2D eigenvalue weighted by Crippen LogP contribution is -2.41. The molecule has 1 unspecified atom stereocenters. The average Bonchev–Trinajstić information content (AvgIpc) is 2.87. The third kappa shape index (κ3) is 6.95. The molecule has 2 rings (SSSR count). The van der Waals surface area contributed by atoms with E-state index >= 15 is 0 Å². The van der Waals surface area contributed by atoms with Gasteiger partial charge in [-0.2, -0.15) is 5.10 Å². The highest BCUT2D eigenvalue weighted by atomic mass is 35.5. The standard InChI is InChI=1S/C22H34N4O.ClH/c1-15(2)12-20(13-23)24-22(27)11-10-21-17(4)25-26(18(21)5)14-19-8-6-16(3)7-9-19;/h6-9,15,20H,10-14,23H2,1-5H3,(H,24,27);1H. The number of hydrogen-bond acceptors (Lipinski definition) is 3.